The first kappa shape index (κ1) is 30.4. The van der Waals surface area contributed by atoms with Gasteiger partial charge in [0.05, 0.1) is 31.7 Å². The first-order valence-electron chi connectivity index (χ1n) is 15.6. The Kier molecular flexibility index (Phi) is 7.25. The third-order valence-electron chi connectivity index (χ3n) is 8.72. The molecule has 0 saturated heterocycles. The summed E-state index contributed by atoms with van der Waals surface area (Å²) in [5.41, 5.74) is 1.73. The minimum absolute atomic E-state index is 0.0263. The molecule has 0 bridgehead atoms. The molecule has 0 aliphatic rings. The fourth-order valence-corrected chi connectivity index (χ4v) is 6.36. The van der Waals surface area contributed by atoms with Crippen LogP contribution >= 0.6 is 0 Å². The van der Waals surface area contributed by atoms with Crippen molar-refractivity contribution in [2.75, 3.05) is 0 Å². The van der Waals surface area contributed by atoms with Crippen molar-refractivity contribution in [3.8, 4) is 23.2 Å². The third-order valence-corrected chi connectivity index (χ3v) is 8.72. The number of nitrogens with zero attached hydrogens (tertiary/aromatic N) is 6. The van der Waals surface area contributed by atoms with Gasteiger partial charge in [-0.2, -0.15) is 0 Å². The van der Waals surface area contributed by atoms with Gasteiger partial charge in [-0.25, -0.2) is 19.6 Å². The summed E-state index contributed by atoms with van der Waals surface area (Å²) in [6.45, 7) is 1.09. The van der Waals surface area contributed by atoms with Gasteiger partial charge in [-0.1, -0.05) is 36.4 Å². The van der Waals surface area contributed by atoms with E-state index in [-0.39, 0.29) is 45.0 Å². The number of unbranched alkanes of at least 4 members (excludes halogenated alkanes) is 1. The highest BCUT2D eigenvalue weighted by Gasteiger charge is 2.20. The lowest BCUT2D eigenvalue weighted by molar-refractivity contribution is -0.384. The van der Waals surface area contributed by atoms with E-state index in [1.807, 2.05) is 69.8 Å². The predicted octanol–water partition coefficient (Wildman–Crippen LogP) is 7.23. The maximum absolute atomic E-state index is 13.0. The molecule has 0 amide bonds. The van der Waals surface area contributed by atoms with Crippen LogP contribution in [-0.4, -0.2) is 28.9 Å². The Bertz CT molecular complexity index is 2600. The number of aromatic nitrogens is 4. The summed E-state index contributed by atoms with van der Waals surface area (Å²) in [5.74, 6) is 0.211. The number of benzene rings is 4. The van der Waals surface area contributed by atoms with Crippen molar-refractivity contribution in [2.24, 2.45) is 0 Å². The van der Waals surface area contributed by atoms with Gasteiger partial charge in [0.15, 0.2) is 0 Å². The van der Waals surface area contributed by atoms with Crippen molar-refractivity contribution in [2.45, 2.75) is 25.9 Å². The minimum atomic E-state index is -0.718. The van der Waals surface area contributed by atoms with Gasteiger partial charge in [-0.05, 0) is 49.2 Å². The molecule has 8 rings (SSSR count). The van der Waals surface area contributed by atoms with Crippen LogP contribution in [0.3, 0.4) is 0 Å². The summed E-state index contributed by atoms with van der Waals surface area (Å²) in [6, 6.07) is 27.2. The van der Waals surface area contributed by atoms with Crippen molar-refractivity contribution in [1.29, 1.82) is 0 Å². The average Bonchev–Trinajstić information content (AvgIpc) is 3.68. The summed E-state index contributed by atoms with van der Waals surface area (Å²) in [7, 11) is 0. The highest BCUT2D eigenvalue weighted by molar-refractivity contribution is 5.88. The van der Waals surface area contributed by atoms with Crippen molar-refractivity contribution < 1.29 is 18.7 Å². The van der Waals surface area contributed by atoms with E-state index in [9.17, 15) is 29.8 Å². The summed E-state index contributed by atoms with van der Waals surface area (Å²) in [5, 5.41) is 24.4. The van der Waals surface area contributed by atoms with Crippen LogP contribution in [0.4, 0.5) is 11.4 Å². The molecule has 0 atom stereocenters. The Morgan fingerprint density at radius 1 is 0.580 bits per heavy atom. The molecule has 0 saturated carbocycles. The van der Waals surface area contributed by atoms with E-state index in [1.165, 1.54) is 24.3 Å². The first-order chi connectivity index (χ1) is 24.2. The zero-order valence-corrected chi connectivity index (χ0v) is 26.0. The molecule has 0 unspecified atom stereocenters. The zero-order chi connectivity index (χ0) is 34.5. The quantitative estimate of drug-likeness (QED) is 0.0864. The molecule has 246 valence electrons. The lowest BCUT2D eigenvalue weighted by atomic mass is 10.2. The molecular weight excluding hydrogens is 644 g/mol. The van der Waals surface area contributed by atoms with Gasteiger partial charge < -0.3 is 18.0 Å². The van der Waals surface area contributed by atoms with Crippen molar-refractivity contribution in [3.05, 3.63) is 138 Å². The number of hydrogen-bond donors (Lipinski definition) is 0. The molecular formula is C36H24N6O8. The van der Waals surface area contributed by atoms with E-state index in [1.54, 1.807) is 0 Å². The number of nitro benzene ring substituents is 2. The van der Waals surface area contributed by atoms with E-state index in [2.05, 4.69) is 9.97 Å². The molecule has 0 fully saturated rings. The van der Waals surface area contributed by atoms with E-state index < -0.39 is 21.1 Å². The molecule has 14 heteroatoms. The molecule has 14 nitrogen and oxygen atoms in total. The molecule has 0 radical (unpaired) electrons. The molecule has 0 aliphatic carbocycles. The second-order valence-corrected chi connectivity index (χ2v) is 11.7. The van der Waals surface area contributed by atoms with E-state index in [0.29, 0.717) is 37.3 Å². The van der Waals surface area contributed by atoms with Crippen molar-refractivity contribution >= 4 is 55.0 Å². The molecule has 0 N–H and O–H groups in total. The van der Waals surface area contributed by atoms with E-state index >= 15 is 0 Å². The Morgan fingerprint density at radius 3 is 1.42 bits per heavy atom. The lowest BCUT2D eigenvalue weighted by Crippen LogP contribution is -2.08. The van der Waals surface area contributed by atoms with Gasteiger partial charge in [0.1, 0.15) is 11.4 Å². The molecule has 4 heterocycles. The maximum Gasteiger partial charge on any atom is 0.347 e. The number of para-hydroxylation sites is 2. The summed E-state index contributed by atoms with van der Waals surface area (Å²) < 4.78 is 15.3. The van der Waals surface area contributed by atoms with Crippen LogP contribution in [0.25, 0.3) is 66.8 Å². The smallest absolute Gasteiger partial charge is 0.347 e. The first-order valence-corrected chi connectivity index (χ1v) is 15.6. The fourth-order valence-electron chi connectivity index (χ4n) is 6.36. The van der Waals surface area contributed by atoms with Gasteiger partial charge in [0.2, 0.25) is 11.8 Å². The summed E-state index contributed by atoms with van der Waals surface area (Å²) in [6.07, 6.45) is 1.39. The Balaban J connectivity index is 1.11. The fraction of sp³-hybridized carbons (Fsp3) is 0.111. The Morgan fingerprint density at radius 2 is 1.00 bits per heavy atom. The van der Waals surface area contributed by atoms with Crippen LogP contribution in [0.15, 0.2) is 115 Å². The minimum Gasteiger partial charge on any atom is -0.401 e. The van der Waals surface area contributed by atoms with Crippen molar-refractivity contribution in [3.63, 3.8) is 0 Å². The molecule has 0 aliphatic heterocycles. The largest absolute Gasteiger partial charge is 0.401 e. The molecule has 50 heavy (non-hydrogen) atoms. The SMILES string of the molecule is O=c1oc(-c2cc3ccccc3n2CCCCn2c(-c3nc4ccc([N+](=O)[O-])cc4c(=O)o3)cc3ccccc32)nc2ccc([N+](=O)[O-])cc12. The Hall–Kier alpha value is -6.96. The van der Waals surface area contributed by atoms with Crippen LogP contribution in [-0.2, 0) is 13.1 Å². The highest BCUT2D eigenvalue weighted by Crippen LogP contribution is 2.31. The topological polar surface area (TPSA) is 182 Å². The van der Waals surface area contributed by atoms with Crippen LogP contribution < -0.4 is 11.3 Å². The monoisotopic (exact) mass is 668 g/mol. The van der Waals surface area contributed by atoms with Crippen LogP contribution in [0, 0.1) is 20.2 Å². The average molecular weight is 669 g/mol. The van der Waals surface area contributed by atoms with Gasteiger partial charge in [0.25, 0.3) is 11.4 Å². The Labute approximate surface area is 279 Å². The third kappa shape index (κ3) is 5.24. The zero-order valence-electron chi connectivity index (χ0n) is 26.0. The van der Waals surface area contributed by atoms with Gasteiger partial charge in [-0.3, -0.25) is 20.2 Å². The van der Waals surface area contributed by atoms with Crippen molar-refractivity contribution in [1.82, 2.24) is 19.1 Å². The normalized spacial score (nSPS) is 11.6. The standard InChI is InChI=1S/C36H24N6O8/c43-35-25-19-23(41(45)46)11-13-27(25)37-33(49-35)31-17-21-7-1-3-9-29(21)39(31)15-5-6-16-40-30-10-4-2-8-22(30)18-32(40)34-38-28-14-12-24(42(47)48)20-26(28)36(44)50-34/h1-4,7-14,17-20H,5-6,15-16H2. The molecule has 0 spiro atoms. The number of fused-ring (bicyclic) bond motifs is 4. The van der Waals surface area contributed by atoms with Crippen LogP contribution in [0.2, 0.25) is 0 Å². The second-order valence-electron chi connectivity index (χ2n) is 11.7. The lowest BCUT2D eigenvalue weighted by Gasteiger charge is -2.13. The number of hydrogen-bond acceptors (Lipinski definition) is 10. The van der Waals surface area contributed by atoms with E-state index in [4.69, 9.17) is 8.83 Å². The van der Waals surface area contributed by atoms with Gasteiger partial charge in [-0.15, -0.1) is 0 Å². The van der Waals surface area contributed by atoms with E-state index in [0.717, 1.165) is 33.9 Å². The van der Waals surface area contributed by atoms with Crippen LogP contribution in [0.5, 0.6) is 0 Å². The summed E-state index contributed by atoms with van der Waals surface area (Å²) >= 11 is 0. The highest BCUT2D eigenvalue weighted by atomic mass is 16.6. The molecule has 4 aromatic carbocycles. The second kappa shape index (κ2) is 11.9. The van der Waals surface area contributed by atoms with Gasteiger partial charge >= 0.3 is 11.3 Å². The summed E-state index contributed by atoms with van der Waals surface area (Å²) in [4.78, 5) is 56.4. The number of nitro groups is 2. The predicted molar refractivity (Wildman–Crippen MR) is 185 cm³/mol. The number of non-ortho nitro benzene ring substituents is 2. The number of rotatable bonds is 9. The molecule has 8 aromatic rings. The number of aryl methyl sites for hydroxylation is 2. The maximum atomic E-state index is 13.0. The van der Waals surface area contributed by atoms with Gasteiger partial charge in [0, 0.05) is 59.2 Å². The van der Waals surface area contributed by atoms with Crippen LogP contribution in [0.1, 0.15) is 12.8 Å². The molecule has 4 aromatic heterocycles.